The number of ether oxygens (including phenoxy) is 2. The number of aliphatic hydroxyl groups is 1. The van der Waals surface area contributed by atoms with Crippen LogP contribution in [0.4, 0.5) is 9.59 Å². The Hall–Kier alpha value is -2.09. The highest BCUT2D eigenvalue weighted by atomic mass is 16.6. The molecule has 3 aliphatic rings. The molecule has 3 rings (SSSR count). The molecule has 2 fully saturated rings. The van der Waals surface area contributed by atoms with Crippen LogP contribution in [0.1, 0.15) is 41.0 Å². The largest absolute Gasteiger partial charge is 0.448 e. The maximum absolute atomic E-state index is 13.0. The molecule has 144 valence electrons. The Morgan fingerprint density at radius 2 is 1.85 bits per heavy atom. The second-order valence-electron chi connectivity index (χ2n) is 7.74. The lowest BCUT2D eigenvalue weighted by atomic mass is 9.84. The number of hydrazine groups is 1. The zero-order valence-corrected chi connectivity index (χ0v) is 15.8. The van der Waals surface area contributed by atoms with Crippen molar-refractivity contribution < 1.29 is 29.0 Å². The van der Waals surface area contributed by atoms with Gasteiger partial charge in [0.2, 0.25) is 0 Å². The number of fused-ring (bicyclic) bond motifs is 5. The molecule has 0 radical (unpaired) electrons. The quantitative estimate of drug-likeness (QED) is 0.819. The number of hydrogen-bond donors (Lipinski definition) is 1. The third kappa shape index (κ3) is 2.42. The Morgan fingerprint density at radius 3 is 2.38 bits per heavy atom. The highest BCUT2D eigenvalue weighted by Gasteiger charge is 2.70. The van der Waals surface area contributed by atoms with Gasteiger partial charge in [0.15, 0.2) is 5.78 Å². The number of carbonyl (C=O) groups excluding carboxylic acids is 3. The fourth-order valence-corrected chi connectivity index (χ4v) is 4.63. The fourth-order valence-electron chi connectivity index (χ4n) is 4.63. The van der Waals surface area contributed by atoms with Crippen molar-refractivity contribution in [3.8, 4) is 0 Å². The van der Waals surface area contributed by atoms with Gasteiger partial charge >= 0.3 is 12.2 Å². The number of rotatable bonds is 3. The molecule has 1 aliphatic heterocycles. The Kier molecular flexibility index (Phi) is 4.29. The van der Waals surface area contributed by atoms with Crippen LogP contribution in [0.2, 0.25) is 0 Å². The molecule has 1 saturated carbocycles. The Balaban J connectivity index is 2.04. The van der Waals surface area contributed by atoms with Crippen LogP contribution < -0.4 is 0 Å². The van der Waals surface area contributed by atoms with Crippen molar-refractivity contribution in [2.24, 2.45) is 11.8 Å². The third-order valence-electron chi connectivity index (χ3n) is 5.62. The smallest absolute Gasteiger partial charge is 0.429 e. The lowest BCUT2D eigenvalue weighted by Crippen LogP contribution is -2.63. The van der Waals surface area contributed by atoms with Crippen LogP contribution in [0.15, 0.2) is 11.6 Å². The van der Waals surface area contributed by atoms with E-state index in [1.165, 1.54) is 10.0 Å². The van der Waals surface area contributed by atoms with Crippen LogP contribution >= 0.6 is 0 Å². The number of carbonyl (C=O) groups is 3. The molecule has 1 heterocycles. The molecular formula is C18H26N2O6. The summed E-state index contributed by atoms with van der Waals surface area (Å²) in [6, 6.07) is -0.503. The minimum atomic E-state index is -1.28. The maximum atomic E-state index is 13.0. The SMILES string of the molecule is CCOC(=O)N1[C@H]2C[C@](C)([C@@H]3C=C(C(C)(C)O)C(=O)[C@@H]32)N1C(=O)OCC. The number of hydrogen-bond acceptors (Lipinski definition) is 6. The van der Waals surface area contributed by atoms with E-state index in [2.05, 4.69) is 0 Å². The molecule has 1 saturated heterocycles. The summed E-state index contributed by atoms with van der Waals surface area (Å²) in [5.41, 5.74) is -1.74. The molecule has 26 heavy (non-hydrogen) atoms. The van der Waals surface area contributed by atoms with Gasteiger partial charge in [0.05, 0.1) is 36.3 Å². The van der Waals surface area contributed by atoms with Crippen molar-refractivity contribution >= 4 is 18.0 Å². The third-order valence-corrected chi connectivity index (χ3v) is 5.62. The Labute approximate surface area is 152 Å². The normalized spacial score (nSPS) is 32.6. The van der Waals surface area contributed by atoms with Gasteiger partial charge in [0, 0.05) is 11.5 Å². The molecule has 0 unspecified atom stereocenters. The summed E-state index contributed by atoms with van der Waals surface area (Å²) < 4.78 is 10.3. The monoisotopic (exact) mass is 366 g/mol. The van der Waals surface area contributed by atoms with Gasteiger partial charge in [-0.1, -0.05) is 6.08 Å². The van der Waals surface area contributed by atoms with E-state index in [-0.39, 0.29) is 24.9 Å². The summed E-state index contributed by atoms with van der Waals surface area (Å²) in [6.45, 7) is 8.67. The van der Waals surface area contributed by atoms with Crippen molar-refractivity contribution in [2.45, 2.75) is 58.2 Å². The van der Waals surface area contributed by atoms with E-state index in [9.17, 15) is 19.5 Å². The van der Waals surface area contributed by atoms with Crippen molar-refractivity contribution in [1.29, 1.82) is 0 Å². The standard InChI is InChI=1S/C18H26N2O6/c1-6-25-15(22)19-12-9-18(5,20(19)16(23)26-7-2)10-8-11(17(3,4)24)14(21)13(10)12/h8,10,12-13,24H,6-7,9H2,1-5H3/t10-,12+,13+,18-/m1/s1. The molecule has 0 aromatic heterocycles. The number of Topliss-reactive ketones (excluding diaryl/α,β-unsaturated/α-hetero) is 1. The lowest BCUT2D eigenvalue weighted by molar-refractivity contribution is -0.131. The minimum absolute atomic E-state index is 0.157. The Morgan fingerprint density at radius 1 is 1.27 bits per heavy atom. The highest BCUT2D eigenvalue weighted by molar-refractivity contribution is 6.03. The van der Waals surface area contributed by atoms with Crippen LogP contribution in [-0.2, 0) is 14.3 Å². The predicted molar refractivity (Wildman–Crippen MR) is 90.9 cm³/mol. The van der Waals surface area contributed by atoms with E-state index in [0.29, 0.717) is 12.0 Å². The van der Waals surface area contributed by atoms with Crippen molar-refractivity contribution in [1.82, 2.24) is 10.0 Å². The van der Waals surface area contributed by atoms with Gasteiger partial charge in [-0.05, 0) is 41.0 Å². The van der Waals surface area contributed by atoms with Crippen LogP contribution in [0.3, 0.4) is 0 Å². The lowest BCUT2D eigenvalue weighted by Gasteiger charge is -2.45. The minimum Gasteiger partial charge on any atom is -0.448 e. The van der Waals surface area contributed by atoms with Gasteiger partial charge in [-0.25, -0.2) is 19.6 Å². The summed E-state index contributed by atoms with van der Waals surface area (Å²) in [5, 5.41) is 12.9. The fraction of sp³-hybridized carbons (Fsp3) is 0.722. The first-order valence-corrected chi connectivity index (χ1v) is 8.99. The van der Waals surface area contributed by atoms with Gasteiger partial charge in [0.1, 0.15) is 0 Å². The second-order valence-corrected chi connectivity index (χ2v) is 7.74. The molecule has 8 nitrogen and oxygen atoms in total. The first-order valence-electron chi connectivity index (χ1n) is 8.99. The topological polar surface area (TPSA) is 96.4 Å². The average molecular weight is 366 g/mol. The predicted octanol–water partition coefficient (Wildman–Crippen LogP) is 1.88. The van der Waals surface area contributed by atoms with Crippen molar-refractivity contribution in [3.63, 3.8) is 0 Å². The average Bonchev–Trinajstić information content (AvgIpc) is 3.12. The van der Waals surface area contributed by atoms with Gasteiger partial charge in [0.25, 0.3) is 0 Å². The molecule has 4 atom stereocenters. The zero-order valence-electron chi connectivity index (χ0n) is 15.8. The van der Waals surface area contributed by atoms with E-state index in [1.807, 2.05) is 6.92 Å². The molecule has 8 heteroatoms. The van der Waals surface area contributed by atoms with E-state index < -0.39 is 35.3 Å². The molecule has 0 aromatic rings. The first kappa shape index (κ1) is 18.7. The van der Waals surface area contributed by atoms with E-state index in [0.717, 1.165) is 0 Å². The van der Waals surface area contributed by atoms with Crippen molar-refractivity contribution in [3.05, 3.63) is 11.6 Å². The maximum Gasteiger partial charge on any atom is 0.429 e. The number of ketones is 1. The van der Waals surface area contributed by atoms with Crippen LogP contribution in [0, 0.1) is 11.8 Å². The van der Waals surface area contributed by atoms with Gasteiger partial charge < -0.3 is 14.6 Å². The summed E-state index contributed by atoms with van der Waals surface area (Å²) >= 11 is 0. The molecule has 0 spiro atoms. The highest BCUT2D eigenvalue weighted by Crippen LogP contribution is 2.58. The van der Waals surface area contributed by atoms with Crippen LogP contribution in [0.5, 0.6) is 0 Å². The molecular weight excluding hydrogens is 340 g/mol. The molecule has 0 aromatic carbocycles. The van der Waals surface area contributed by atoms with Crippen molar-refractivity contribution in [2.75, 3.05) is 13.2 Å². The van der Waals surface area contributed by atoms with Gasteiger partial charge in [-0.3, -0.25) is 4.79 Å². The molecule has 2 amide bonds. The number of amides is 2. The van der Waals surface area contributed by atoms with Gasteiger partial charge in [-0.15, -0.1) is 0 Å². The molecule has 2 aliphatic carbocycles. The Bertz CT molecular complexity index is 682. The molecule has 2 bridgehead atoms. The van der Waals surface area contributed by atoms with E-state index >= 15 is 0 Å². The summed E-state index contributed by atoms with van der Waals surface area (Å²) in [4.78, 5) is 38.1. The van der Waals surface area contributed by atoms with Crippen LogP contribution in [-0.4, -0.2) is 63.5 Å². The summed E-state index contributed by atoms with van der Waals surface area (Å²) in [7, 11) is 0. The zero-order chi connectivity index (χ0) is 19.4. The van der Waals surface area contributed by atoms with Crippen LogP contribution in [0.25, 0.3) is 0 Å². The van der Waals surface area contributed by atoms with Gasteiger partial charge in [-0.2, -0.15) is 0 Å². The van der Waals surface area contributed by atoms with E-state index in [1.54, 1.807) is 33.8 Å². The summed E-state index contributed by atoms with van der Waals surface area (Å²) in [6.07, 6.45) is 0.919. The first-order chi connectivity index (χ1) is 12.1. The summed E-state index contributed by atoms with van der Waals surface area (Å²) in [5.74, 6) is -0.943. The molecule has 1 N–H and O–H groups in total. The second kappa shape index (κ2) is 5.97. The van der Waals surface area contributed by atoms with E-state index in [4.69, 9.17) is 9.47 Å². The number of nitrogens with zero attached hydrogens (tertiary/aromatic N) is 2.